The third-order valence-corrected chi connectivity index (χ3v) is 5.62. The van der Waals surface area contributed by atoms with Gasteiger partial charge in [0, 0.05) is 24.5 Å². The highest BCUT2D eigenvalue weighted by Crippen LogP contribution is 2.23. The maximum absolute atomic E-state index is 12.8. The molecule has 2 aromatic carbocycles. The number of amides is 1. The molecule has 8 heteroatoms. The molecule has 1 N–H and O–H groups in total. The molecule has 0 unspecified atom stereocenters. The van der Waals surface area contributed by atoms with Crippen LogP contribution in [-0.4, -0.2) is 29.7 Å². The number of hydrogen-bond donors (Lipinski definition) is 1. The molecule has 8 nitrogen and oxygen atoms in total. The van der Waals surface area contributed by atoms with Gasteiger partial charge in [0.25, 0.3) is 0 Å². The lowest BCUT2D eigenvalue weighted by molar-refractivity contribution is -0.122. The fourth-order valence-electron chi connectivity index (χ4n) is 3.67. The minimum atomic E-state index is -0.369. The summed E-state index contributed by atoms with van der Waals surface area (Å²) in [4.78, 5) is 25.2. The molecule has 0 fully saturated rings. The molecule has 0 saturated carbocycles. The summed E-state index contributed by atoms with van der Waals surface area (Å²) in [5.74, 6) is -0.278. The molecule has 5 aromatic rings. The fraction of sp³-hybridized carbons (Fsp3) is 0.167. The van der Waals surface area contributed by atoms with Crippen LogP contribution in [0.4, 0.5) is 0 Å². The Hall–Kier alpha value is -4.20. The van der Waals surface area contributed by atoms with Crippen LogP contribution >= 0.6 is 0 Å². The van der Waals surface area contributed by atoms with Crippen molar-refractivity contribution in [3.05, 3.63) is 94.2 Å². The van der Waals surface area contributed by atoms with Crippen LogP contribution in [0, 0.1) is 13.8 Å². The van der Waals surface area contributed by atoms with Crippen molar-refractivity contribution in [2.24, 2.45) is 0 Å². The lowest BCUT2D eigenvalue weighted by Crippen LogP contribution is -2.32. The third kappa shape index (κ3) is 3.56. The molecule has 0 aliphatic heterocycles. The second-order valence-corrected chi connectivity index (χ2v) is 7.85. The molecular weight excluding hydrogens is 404 g/mol. The van der Waals surface area contributed by atoms with Crippen LogP contribution in [0.25, 0.3) is 22.4 Å². The molecule has 1 amide bonds. The van der Waals surface area contributed by atoms with E-state index in [1.165, 1.54) is 20.2 Å². The van der Waals surface area contributed by atoms with Crippen molar-refractivity contribution in [2.45, 2.75) is 26.9 Å². The molecule has 5 rings (SSSR count). The second kappa shape index (κ2) is 7.81. The Morgan fingerprint density at radius 3 is 2.56 bits per heavy atom. The van der Waals surface area contributed by atoms with Gasteiger partial charge in [0.15, 0.2) is 5.65 Å². The molecule has 0 radical (unpaired) electrons. The number of nitrogens with zero attached hydrogens (tertiary/aromatic N) is 5. The molecule has 0 atom stereocenters. The highest BCUT2D eigenvalue weighted by molar-refractivity contribution is 5.78. The topological polar surface area (TPSA) is 85.7 Å². The summed E-state index contributed by atoms with van der Waals surface area (Å²) in [6, 6.07) is 17.7. The average Bonchev–Trinajstić information content (AvgIpc) is 3.36. The van der Waals surface area contributed by atoms with Crippen molar-refractivity contribution < 1.29 is 4.79 Å². The van der Waals surface area contributed by atoms with E-state index >= 15 is 0 Å². The Labute approximate surface area is 183 Å². The Bertz CT molecular complexity index is 1510. The van der Waals surface area contributed by atoms with Gasteiger partial charge in [-0.25, -0.2) is 18.4 Å². The zero-order valence-electron chi connectivity index (χ0n) is 17.8. The van der Waals surface area contributed by atoms with E-state index in [4.69, 9.17) is 0 Å². The van der Waals surface area contributed by atoms with E-state index in [2.05, 4.69) is 41.5 Å². The number of hydrogen-bond acceptors (Lipinski definition) is 4. The van der Waals surface area contributed by atoms with E-state index < -0.39 is 0 Å². The number of fused-ring (bicyclic) bond motifs is 3. The maximum atomic E-state index is 12.8. The van der Waals surface area contributed by atoms with E-state index in [0.717, 1.165) is 16.8 Å². The molecule has 3 aromatic heterocycles. The van der Waals surface area contributed by atoms with Crippen molar-refractivity contribution >= 4 is 17.1 Å². The monoisotopic (exact) mass is 426 g/mol. The average molecular weight is 426 g/mol. The van der Waals surface area contributed by atoms with Gasteiger partial charge in [0.1, 0.15) is 12.1 Å². The summed E-state index contributed by atoms with van der Waals surface area (Å²) < 4.78 is 4.32. The van der Waals surface area contributed by atoms with Crippen molar-refractivity contribution in [3.8, 4) is 11.3 Å². The first-order chi connectivity index (χ1) is 15.5. The van der Waals surface area contributed by atoms with Gasteiger partial charge in [-0.1, -0.05) is 42.5 Å². The van der Waals surface area contributed by atoms with Crippen LogP contribution in [0.1, 0.15) is 16.7 Å². The number of carbonyl (C=O) groups excluding carboxylic acids is 1. The summed E-state index contributed by atoms with van der Waals surface area (Å²) in [6.45, 7) is 4.38. The van der Waals surface area contributed by atoms with Gasteiger partial charge < -0.3 is 5.32 Å². The fourth-order valence-corrected chi connectivity index (χ4v) is 3.67. The van der Waals surface area contributed by atoms with E-state index in [0.29, 0.717) is 17.7 Å². The summed E-state index contributed by atoms with van der Waals surface area (Å²) in [6.07, 6.45) is 3.34. The first-order valence-corrected chi connectivity index (χ1v) is 10.4. The van der Waals surface area contributed by atoms with Crippen LogP contribution in [-0.2, 0) is 17.9 Å². The van der Waals surface area contributed by atoms with Crippen molar-refractivity contribution in [3.63, 3.8) is 0 Å². The molecule has 0 saturated heterocycles. The predicted octanol–water partition coefficient (Wildman–Crippen LogP) is 2.74. The summed E-state index contributed by atoms with van der Waals surface area (Å²) in [5.41, 5.74) is 5.97. The number of aryl methyl sites for hydroxylation is 2. The smallest absolute Gasteiger partial charge is 0.350 e. The highest BCUT2D eigenvalue weighted by Gasteiger charge is 2.15. The van der Waals surface area contributed by atoms with Gasteiger partial charge in [0.05, 0.1) is 5.69 Å². The molecule has 3 heterocycles. The van der Waals surface area contributed by atoms with Gasteiger partial charge in [0.2, 0.25) is 5.91 Å². The Morgan fingerprint density at radius 1 is 0.969 bits per heavy atom. The largest absolute Gasteiger partial charge is 0.350 e. The van der Waals surface area contributed by atoms with Crippen molar-refractivity contribution in [1.82, 2.24) is 29.1 Å². The number of carbonyl (C=O) groups is 1. The lowest BCUT2D eigenvalue weighted by atomic mass is 10.0. The standard InChI is InChI=1S/C24H22N6O2/c1-16-8-9-19(12-17(16)2)20-13-21-23-27-30(24(32)28(23)10-11-29(21)26-20)15-22(31)25-14-18-6-4-3-5-7-18/h3-13H,14-15H2,1-2H3,(H,25,31). The first-order valence-electron chi connectivity index (χ1n) is 10.4. The minimum absolute atomic E-state index is 0.155. The predicted molar refractivity (Wildman–Crippen MR) is 121 cm³/mol. The highest BCUT2D eigenvalue weighted by atomic mass is 16.2. The molecular formula is C24H22N6O2. The Balaban J connectivity index is 1.45. The summed E-state index contributed by atoms with van der Waals surface area (Å²) in [5, 5.41) is 11.9. The van der Waals surface area contributed by atoms with Crippen LogP contribution in [0.5, 0.6) is 0 Å². The second-order valence-electron chi connectivity index (χ2n) is 7.85. The zero-order chi connectivity index (χ0) is 22.2. The zero-order valence-corrected chi connectivity index (χ0v) is 17.8. The number of benzene rings is 2. The number of nitrogens with one attached hydrogen (secondary N) is 1. The van der Waals surface area contributed by atoms with Crippen LogP contribution in [0.15, 0.2) is 71.8 Å². The van der Waals surface area contributed by atoms with E-state index in [-0.39, 0.29) is 18.1 Å². The molecule has 0 spiro atoms. The van der Waals surface area contributed by atoms with Gasteiger partial charge in [-0.3, -0.25) is 4.79 Å². The van der Waals surface area contributed by atoms with Crippen LogP contribution in [0.2, 0.25) is 0 Å². The molecule has 0 bridgehead atoms. The van der Waals surface area contributed by atoms with E-state index in [1.54, 1.807) is 16.9 Å². The molecule has 32 heavy (non-hydrogen) atoms. The number of rotatable bonds is 5. The third-order valence-electron chi connectivity index (χ3n) is 5.62. The molecule has 0 aliphatic carbocycles. The van der Waals surface area contributed by atoms with Crippen LogP contribution < -0.4 is 11.0 Å². The molecule has 160 valence electrons. The SMILES string of the molecule is Cc1ccc(-c2cc3c4nn(CC(=O)NCc5ccccc5)c(=O)n4ccn3n2)cc1C. The van der Waals surface area contributed by atoms with Crippen molar-refractivity contribution in [2.75, 3.05) is 0 Å². The number of aromatic nitrogens is 5. The van der Waals surface area contributed by atoms with Gasteiger partial charge in [-0.15, -0.1) is 5.10 Å². The Kier molecular flexibility index (Phi) is 4.82. The Morgan fingerprint density at radius 2 is 1.78 bits per heavy atom. The minimum Gasteiger partial charge on any atom is -0.350 e. The first kappa shape index (κ1) is 19.7. The van der Waals surface area contributed by atoms with E-state index in [1.807, 2.05) is 42.5 Å². The summed E-state index contributed by atoms with van der Waals surface area (Å²) >= 11 is 0. The quantitative estimate of drug-likeness (QED) is 0.468. The van der Waals surface area contributed by atoms with Gasteiger partial charge in [-0.2, -0.15) is 5.10 Å². The lowest BCUT2D eigenvalue weighted by Gasteiger charge is -2.04. The maximum Gasteiger partial charge on any atom is 0.350 e. The normalized spacial score (nSPS) is 11.3. The van der Waals surface area contributed by atoms with Gasteiger partial charge >= 0.3 is 5.69 Å². The van der Waals surface area contributed by atoms with E-state index in [9.17, 15) is 9.59 Å². The summed E-state index contributed by atoms with van der Waals surface area (Å²) in [7, 11) is 0. The van der Waals surface area contributed by atoms with Crippen molar-refractivity contribution in [1.29, 1.82) is 0 Å². The molecule has 0 aliphatic rings. The van der Waals surface area contributed by atoms with Crippen LogP contribution in [0.3, 0.4) is 0 Å². The van der Waals surface area contributed by atoms with Gasteiger partial charge in [-0.05, 0) is 42.7 Å².